The Hall–Kier alpha value is -3.68. The highest BCUT2D eigenvalue weighted by atomic mass is 16.5. The lowest BCUT2D eigenvalue weighted by atomic mass is 9.99. The third kappa shape index (κ3) is 4.74. The van der Waals surface area contributed by atoms with Crippen molar-refractivity contribution in [3.8, 4) is 5.75 Å². The van der Waals surface area contributed by atoms with E-state index in [0.29, 0.717) is 31.5 Å². The molecule has 0 radical (unpaired) electrons. The summed E-state index contributed by atoms with van der Waals surface area (Å²) in [6.45, 7) is 4.95. The molecule has 1 aliphatic heterocycles. The van der Waals surface area contributed by atoms with Gasteiger partial charge < -0.3 is 19.5 Å². The molecule has 4 rings (SSSR count). The standard InChI is InChI=1S/C25H29N5O3/c1-17(2)30-16-28-21-10-13-29(25(32)19-7-5-11-26-15-19)23(22(21)30)24(31)27-12-9-18-6-4-8-20(14-18)33-3/h4-8,11,14-17,23H,9-10,12-13H2,1-3H3,(H,27,31)/t23-/m1/s1. The lowest BCUT2D eigenvalue weighted by molar-refractivity contribution is -0.126. The molecule has 33 heavy (non-hydrogen) atoms. The zero-order chi connectivity index (χ0) is 23.4. The van der Waals surface area contributed by atoms with E-state index in [0.717, 1.165) is 22.7 Å². The van der Waals surface area contributed by atoms with Crippen LogP contribution in [0.15, 0.2) is 55.1 Å². The molecule has 1 atom stereocenters. The van der Waals surface area contributed by atoms with Crippen molar-refractivity contribution in [2.45, 2.75) is 38.8 Å². The number of benzene rings is 1. The number of hydrogen-bond acceptors (Lipinski definition) is 5. The second kappa shape index (κ2) is 9.85. The molecule has 0 unspecified atom stereocenters. The molecule has 1 aromatic carbocycles. The number of pyridine rings is 1. The zero-order valence-electron chi connectivity index (χ0n) is 19.2. The SMILES string of the molecule is COc1cccc(CCNC(=O)[C@H]2c3c(ncn3C(C)C)CCN2C(=O)c2cccnc2)c1. The van der Waals surface area contributed by atoms with Crippen molar-refractivity contribution in [2.24, 2.45) is 0 Å². The van der Waals surface area contributed by atoms with Gasteiger partial charge in [-0.15, -0.1) is 0 Å². The van der Waals surface area contributed by atoms with E-state index < -0.39 is 6.04 Å². The van der Waals surface area contributed by atoms with Gasteiger partial charge in [-0.25, -0.2) is 4.98 Å². The molecule has 0 saturated heterocycles. The smallest absolute Gasteiger partial charge is 0.256 e. The Morgan fingerprint density at radius 3 is 2.82 bits per heavy atom. The van der Waals surface area contributed by atoms with E-state index in [1.807, 2.05) is 42.7 Å². The molecule has 2 amide bonds. The average molecular weight is 448 g/mol. The summed E-state index contributed by atoms with van der Waals surface area (Å²) >= 11 is 0. The first-order valence-corrected chi connectivity index (χ1v) is 11.2. The maximum absolute atomic E-state index is 13.5. The minimum absolute atomic E-state index is 0.113. The van der Waals surface area contributed by atoms with Gasteiger partial charge in [-0.2, -0.15) is 0 Å². The number of aromatic nitrogens is 3. The number of rotatable bonds is 7. The topological polar surface area (TPSA) is 89.4 Å². The van der Waals surface area contributed by atoms with Gasteiger partial charge in [0.05, 0.1) is 30.4 Å². The van der Waals surface area contributed by atoms with E-state index >= 15 is 0 Å². The van der Waals surface area contributed by atoms with Crippen LogP contribution in [0, 0.1) is 0 Å². The van der Waals surface area contributed by atoms with Crippen LogP contribution in [0.2, 0.25) is 0 Å². The molecule has 2 aromatic heterocycles. The number of methoxy groups -OCH3 is 1. The molecule has 0 saturated carbocycles. The fourth-order valence-electron chi connectivity index (χ4n) is 4.21. The van der Waals surface area contributed by atoms with Crippen molar-refractivity contribution in [3.05, 3.63) is 77.6 Å². The van der Waals surface area contributed by atoms with Crippen molar-refractivity contribution >= 4 is 11.8 Å². The number of imidazole rings is 1. The Balaban J connectivity index is 1.58. The van der Waals surface area contributed by atoms with Gasteiger partial charge in [0.25, 0.3) is 5.91 Å². The molecule has 3 aromatic rings. The number of fused-ring (bicyclic) bond motifs is 1. The molecule has 8 nitrogen and oxygen atoms in total. The van der Waals surface area contributed by atoms with Gasteiger partial charge in [0.1, 0.15) is 5.75 Å². The van der Waals surface area contributed by atoms with Crippen molar-refractivity contribution in [3.63, 3.8) is 0 Å². The van der Waals surface area contributed by atoms with Gasteiger partial charge in [-0.1, -0.05) is 12.1 Å². The fourth-order valence-corrected chi connectivity index (χ4v) is 4.21. The molecule has 3 heterocycles. The van der Waals surface area contributed by atoms with Gasteiger partial charge >= 0.3 is 0 Å². The number of ether oxygens (including phenoxy) is 1. The summed E-state index contributed by atoms with van der Waals surface area (Å²) in [4.78, 5) is 37.1. The molecule has 0 aliphatic carbocycles. The lowest BCUT2D eigenvalue weighted by Crippen LogP contribution is -2.48. The molecular weight excluding hydrogens is 418 g/mol. The van der Waals surface area contributed by atoms with E-state index in [1.165, 1.54) is 6.20 Å². The van der Waals surface area contributed by atoms with Crippen LogP contribution in [0.1, 0.15) is 53.2 Å². The van der Waals surface area contributed by atoms with E-state index in [-0.39, 0.29) is 17.9 Å². The summed E-state index contributed by atoms with van der Waals surface area (Å²) < 4.78 is 7.27. The van der Waals surface area contributed by atoms with E-state index in [9.17, 15) is 9.59 Å². The van der Waals surface area contributed by atoms with Gasteiger partial charge in [0, 0.05) is 37.9 Å². The van der Waals surface area contributed by atoms with Crippen molar-refractivity contribution in [2.75, 3.05) is 20.2 Å². The molecular formula is C25H29N5O3. The molecule has 8 heteroatoms. The Morgan fingerprint density at radius 1 is 1.24 bits per heavy atom. The molecule has 0 spiro atoms. The first-order chi connectivity index (χ1) is 16.0. The Kier molecular flexibility index (Phi) is 6.72. The summed E-state index contributed by atoms with van der Waals surface area (Å²) in [7, 11) is 1.63. The lowest BCUT2D eigenvalue weighted by Gasteiger charge is -2.36. The summed E-state index contributed by atoms with van der Waals surface area (Å²) in [5.41, 5.74) is 3.18. The summed E-state index contributed by atoms with van der Waals surface area (Å²) in [5, 5.41) is 3.04. The number of nitrogens with one attached hydrogen (secondary N) is 1. The van der Waals surface area contributed by atoms with Crippen LogP contribution in [-0.2, 0) is 17.6 Å². The molecule has 1 aliphatic rings. The van der Waals surface area contributed by atoms with E-state index in [4.69, 9.17) is 4.74 Å². The van der Waals surface area contributed by atoms with Gasteiger partial charge in [-0.3, -0.25) is 14.6 Å². The van der Waals surface area contributed by atoms with Gasteiger partial charge in [-0.05, 0) is 50.1 Å². The fraction of sp³-hybridized carbons (Fsp3) is 0.360. The van der Waals surface area contributed by atoms with Crippen LogP contribution in [-0.4, -0.2) is 51.4 Å². The Labute approximate surface area is 193 Å². The highest BCUT2D eigenvalue weighted by Crippen LogP contribution is 2.32. The van der Waals surface area contributed by atoms with Crippen LogP contribution in [0.3, 0.4) is 0 Å². The quantitative estimate of drug-likeness (QED) is 0.602. The molecule has 172 valence electrons. The van der Waals surface area contributed by atoms with Gasteiger partial charge in [0.2, 0.25) is 5.91 Å². The molecule has 0 bridgehead atoms. The van der Waals surface area contributed by atoms with Crippen LogP contribution < -0.4 is 10.1 Å². The first-order valence-electron chi connectivity index (χ1n) is 11.2. The minimum atomic E-state index is -0.753. The Bertz CT molecular complexity index is 1130. The summed E-state index contributed by atoms with van der Waals surface area (Å²) in [5.74, 6) is 0.363. The van der Waals surface area contributed by atoms with Crippen LogP contribution in [0.4, 0.5) is 0 Å². The zero-order valence-corrected chi connectivity index (χ0v) is 19.2. The number of hydrogen-bond donors (Lipinski definition) is 1. The first kappa shape index (κ1) is 22.5. The van der Waals surface area contributed by atoms with Crippen LogP contribution in [0.25, 0.3) is 0 Å². The Morgan fingerprint density at radius 2 is 2.09 bits per heavy atom. The normalized spacial score (nSPS) is 15.3. The maximum Gasteiger partial charge on any atom is 0.256 e. The number of carbonyl (C=O) groups excluding carboxylic acids is 2. The monoisotopic (exact) mass is 447 g/mol. The predicted octanol–water partition coefficient (Wildman–Crippen LogP) is 2.97. The highest BCUT2D eigenvalue weighted by molar-refractivity contribution is 5.98. The largest absolute Gasteiger partial charge is 0.497 e. The maximum atomic E-state index is 13.5. The predicted molar refractivity (Wildman–Crippen MR) is 124 cm³/mol. The second-order valence-electron chi connectivity index (χ2n) is 8.36. The number of carbonyl (C=O) groups is 2. The second-order valence-corrected chi connectivity index (χ2v) is 8.36. The van der Waals surface area contributed by atoms with Crippen molar-refractivity contribution < 1.29 is 14.3 Å². The third-order valence-corrected chi connectivity index (χ3v) is 5.89. The highest BCUT2D eigenvalue weighted by Gasteiger charge is 2.39. The molecule has 0 fully saturated rings. The van der Waals surface area contributed by atoms with Crippen LogP contribution in [0.5, 0.6) is 5.75 Å². The van der Waals surface area contributed by atoms with Crippen molar-refractivity contribution in [1.29, 1.82) is 0 Å². The summed E-state index contributed by atoms with van der Waals surface area (Å²) in [6.07, 6.45) is 6.19. The number of nitrogens with zero attached hydrogens (tertiary/aromatic N) is 4. The van der Waals surface area contributed by atoms with Crippen LogP contribution >= 0.6 is 0 Å². The number of amides is 2. The minimum Gasteiger partial charge on any atom is -0.497 e. The third-order valence-electron chi connectivity index (χ3n) is 5.89. The van der Waals surface area contributed by atoms with Gasteiger partial charge in [0.15, 0.2) is 6.04 Å². The van der Waals surface area contributed by atoms with Crippen molar-refractivity contribution in [1.82, 2.24) is 24.8 Å². The van der Waals surface area contributed by atoms with E-state index in [2.05, 4.69) is 15.3 Å². The molecule has 1 N–H and O–H groups in total. The summed E-state index contributed by atoms with van der Waals surface area (Å²) in [6, 6.07) is 10.6. The average Bonchev–Trinajstić information content (AvgIpc) is 3.28. The van der Waals surface area contributed by atoms with E-state index in [1.54, 1.807) is 36.7 Å².